The number of rotatable bonds is 4. The topological polar surface area (TPSA) is 63.6 Å². The van der Waals surface area contributed by atoms with E-state index in [1.165, 1.54) is 6.92 Å². The molecule has 2 aromatic rings. The van der Waals surface area contributed by atoms with Crippen molar-refractivity contribution in [2.75, 3.05) is 5.43 Å². The van der Waals surface area contributed by atoms with Crippen molar-refractivity contribution in [2.24, 2.45) is 5.10 Å². The zero-order valence-electron chi connectivity index (χ0n) is 10.4. The van der Waals surface area contributed by atoms with Crippen molar-refractivity contribution in [1.29, 1.82) is 0 Å². The summed E-state index contributed by atoms with van der Waals surface area (Å²) in [7, 11) is 0. The molecule has 1 aromatic heterocycles. The minimum Gasteiger partial charge on any atom is -0.427 e. The van der Waals surface area contributed by atoms with Crippen LogP contribution in [0.2, 0.25) is 0 Å². The molecule has 0 aliphatic carbocycles. The number of carbonyl (C=O) groups is 1. The van der Waals surface area contributed by atoms with E-state index in [4.69, 9.17) is 4.74 Å². The van der Waals surface area contributed by atoms with Crippen LogP contribution in [0.3, 0.4) is 0 Å². The molecule has 0 amide bonds. The van der Waals surface area contributed by atoms with Crippen molar-refractivity contribution in [3.05, 3.63) is 54.2 Å². The second-order valence-electron chi connectivity index (χ2n) is 3.75. The number of hydrogen-bond acceptors (Lipinski definition) is 5. The van der Waals surface area contributed by atoms with E-state index < -0.39 is 0 Å². The van der Waals surface area contributed by atoms with Gasteiger partial charge >= 0.3 is 5.97 Å². The number of aromatic nitrogens is 1. The van der Waals surface area contributed by atoms with Gasteiger partial charge < -0.3 is 4.74 Å². The van der Waals surface area contributed by atoms with Crippen molar-refractivity contribution in [2.45, 2.75) is 6.92 Å². The van der Waals surface area contributed by atoms with Gasteiger partial charge in [0.25, 0.3) is 0 Å². The van der Waals surface area contributed by atoms with Gasteiger partial charge in [0.1, 0.15) is 11.6 Å². The minimum absolute atomic E-state index is 0.335. The molecular formula is C14H13N3O2. The van der Waals surface area contributed by atoms with Crippen LogP contribution in [0.25, 0.3) is 0 Å². The predicted octanol–water partition coefficient (Wildman–Crippen LogP) is 2.45. The van der Waals surface area contributed by atoms with Gasteiger partial charge in [0, 0.05) is 13.1 Å². The molecule has 0 aliphatic heterocycles. The summed E-state index contributed by atoms with van der Waals surface area (Å²) in [5.41, 5.74) is 3.70. The molecule has 0 radical (unpaired) electrons. The Bertz CT molecular complexity index is 565. The van der Waals surface area contributed by atoms with Gasteiger partial charge in [-0.05, 0) is 42.0 Å². The first-order valence-electron chi connectivity index (χ1n) is 5.72. The number of pyridine rings is 1. The standard InChI is InChI=1S/C14H13N3O2/c1-11(18)19-13-7-5-12(6-8-13)10-16-17-14-4-2-3-9-15-14/h2-10H,1H3,(H,15,17)/b16-10+. The molecule has 0 atom stereocenters. The van der Waals surface area contributed by atoms with E-state index in [-0.39, 0.29) is 5.97 Å². The smallest absolute Gasteiger partial charge is 0.308 e. The molecule has 0 spiro atoms. The number of nitrogens with one attached hydrogen (secondary N) is 1. The highest BCUT2D eigenvalue weighted by atomic mass is 16.5. The lowest BCUT2D eigenvalue weighted by Gasteiger charge is -2.01. The first kappa shape index (κ1) is 12.8. The van der Waals surface area contributed by atoms with Crippen LogP contribution in [0.5, 0.6) is 5.75 Å². The fourth-order valence-corrected chi connectivity index (χ4v) is 1.39. The number of carbonyl (C=O) groups excluding carboxylic acids is 1. The van der Waals surface area contributed by atoms with Gasteiger partial charge in [-0.2, -0.15) is 5.10 Å². The van der Waals surface area contributed by atoms with Crippen LogP contribution in [0.1, 0.15) is 12.5 Å². The highest BCUT2D eigenvalue weighted by molar-refractivity contribution is 5.80. The van der Waals surface area contributed by atoms with Gasteiger partial charge in [0.15, 0.2) is 0 Å². The summed E-state index contributed by atoms with van der Waals surface area (Å²) in [5.74, 6) is 0.857. The highest BCUT2D eigenvalue weighted by Gasteiger charge is 1.96. The molecule has 0 unspecified atom stereocenters. The van der Waals surface area contributed by atoms with Gasteiger partial charge in [-0.3, -0.25) is 10.2 Å². The van der Waals surface area contributed by atoms with Crippen molar-refractivity contribution in [3.8, 4) is 5.75 Å². The Hall–Kier alpha value is -2.69. The van der Waals surface area contributed by atoms with Crippen LogP contribution in [-0.2, 0) is 4.79 Å². The number of esters is 1. The largest absolute Gasteiger partial charge is 0.427 e. The number of hydrogen-bond donors (Lipinski definition) is 1. The van der Waals surface area contributed by atoms with E-state index >= 15 is 0 Å². The molecule has 1 aromatic carbocycles. The summed E-state index contributed by atoms with van der Waals surface area (Å²) < 4.78 is 4.93. The number of ether oxygens (including phenoxy) is 1. The monoisotopic (exact) mass is 255 g/mol. The van der Waals surface area contributed by atoms with Crippen molar-refractivity contribution >= 4 is 18.0 Å². The van der Waals surface area contributed by atoms with Crippen LogP contribution in [0.4, 0.5) is 5.82 Å². The number of nitrogens with zero attached hydrogens (tertiary/aromatic N) is 2. The van der Waals surface area contributed by atoms with Crippen LogP contribution in [0, 0.1) is 0 Å². The van der Waals surface area contributed by atoms with E-state index in [9.17, 15) is 4.79 Å². The molecule has 1 heterocycles. The van der Waals surface area contributed by atoms with E-state index in [2.05, 4.69) is 15.5 Å². The molecule has 2 rings (SSSR count). The van der Waals surface area contributed by atoms with Gasteiger partial charge in [-0.25, -0.2) is 4.98 Å². The Morgan fingerprint density at radius 3 is 2.68 bits per heavy atom. The average molecular weight is 255 g/mol. The molecule has 96 valence electrons. The summed E-state index contributed by atoms with van der Waals surface area (Å²) in [6.45, 7) is 1.37. The van der Waals surface area contributed by atoms with Crippen LogP contribution in [-0.4, -0.2) is 17.2 Å². The molecule has 1 N–H and O–H groups in total. The lowest BCUT2D eigenvalue weighted by Crippen LogP contribution is -2.01. The van der Waals surface area contributed by atoms with Gasteiger partial charge in [-0.15, -0.1) is 0 Å². The van der Waals surface area contributed by atoms with Gasteiger partial charge in [0.05, 0.1) is 6.21 Å². The minimum atomic E-state index is -0.335. The number of hydrazone groups is 1. The predicted molar refractivity (Wildman–Crippen MR) is 73.2 cm³/mol. The summed E-state index contributed by atoms with van der Waals surface area (Å²) in [6, 6.07) is 12.6. The van der Waals surface area contributed by atoms with Crippen LogP contribution < -0.4 is 10.2 Å². The molecule has 0 aliphatic rings. The van der Waals surface area contributed by atoms with E-state index in [0.29, 0.717) is 11.6 Å². The maximum absolute atomic E-state index is 10.8. The second-order valence-corrected chi connectivity index (χ2v) is 3.75. The summed E-state index contributed by atoms with van der Waals surface area (Å²) in [6.07, 6.45) is 3.35. The van der Waals surface area contributed by atoms with Crippen molar-refractivity contribution in [3.63, 3.8) is 0 Å². The van der Waals surface area contributed by atoms with Crippen molar-refractivity contribution < 1.29 is 9.53 Å². The molecule has 0 bridgehead atoms. The quantitative estimate of drug-likeness (QED) is 0.394. The first-order chi connectivity index (χ1) is 9.24. The first-order valence-corrected chi connectivity index (χ1v) is 5.72. The number of anilines is 1. The Balaban J connectivity index is 1.94. The Morgan fingerprint density at radius 2 is 2.05 bits per heavy atom. The normalized spacial score (nSPS) is 10.4. The molecule has 5 heteroatoms. The second kappa shape index (κ2) is 6.30. The third-order valence-electron chi connectivity index (χ3n) is 2.20. The van der Waals surface area contributed by atoms with Gasteiger partial charge in [0.2, 0.25) is 0 Å². The lowest BCUT2D eigenvalue weighted by molar-refractivity contribution is -0.131. The summed E-state index contributed by atoms with van der Waals surface area (Å²) in [5, 5.41) is 4.06. The van der Waals surface area contributed by atoms with Crippen LogP contribution >= 0.6 is 0 Å². The maximum Gasteiger partial charge on any atom is 0.308 e. The van der Waals surface area contributed by atoms with Crippen LogP contribution in [0.15, 0.2) is 53.8 Å². The Kier molecular flexibility index (Phi) is 4.23. The molecule has 0 saturated carbocycles. The third kappa shape index (κ3) is 4.23. The zero-order chi connectivity index (χ0) is 13.5. The Morgan fingerprint density at radius 1 is 1.26 bits per heavy atom. The Labute approximate surface area is 110 Å². The molecular weight excluding hydrogens is 242 g/mol. The summed E-state index contributed by atoms with van der Waals surface area (Å²) in [4.78, 5) is 14.8. The molecule has 5 nitrogen and oxygen atoms in total. The fourth-order valence-electron chi connectivity index (χ4n) is 1.39. The van der Waals surface area contributed by atoms with E-state index in [0.717, 1.165) is 5.56 Å². The number of benzene rings is 1. The third-order valence-corrected chi connectivity index (χ3v) is 2.20. The fraction of sp³-hybridized carbons (Fsp3) is 0.0714. The molecule has 0 fully saturated rings. The maximum atomic E-state index is 10.8. The summed E-state index contributed by atoms with van der Waals surface area (Å²) >= 11 is 0. The van der Waals surface area contributed by atoms with E-state index in [1.807, 2.05) is 30.3 Å². The van der Waals surface area contributed by atoms with Gasteiger partial charge in [-0.1, -0.05) is 6.07 Å². The molecule has 0 saturated heterocycles. The highest BCUT2D eigenvalue weighted by Crippen LogP contribution is 2.11. The SMILES string of the molecule is CC(=O)Oc1ccc(/C=N/Nc2ccccn2)cc1. The van der Waals surface area contributed by atoms with Crippen molar-refractivity contribution in [1.82, 2.24) is 4.98 Å². The molecule has 19 heavy (non-hydrogen) atoms. The average Bonchev–Trinajstić information content (AvgIpc) is 2.41. The lowest BCUT2D eigenvalue weighted by atomic mass is 10.2. The zero-order valence-corrected chi connectivity index (χ0v) is 10.4. The van der Waals surface area contributed by atoms with E-state index in [1.54, 1.807) is 24.5 Å².